The van der Waals surface area contributed by atoms with Crippen LogP contribution in [0.25, 0.3) is 0 Å². The Kier molecular flexibility index (Phi) is 8.30. The Morgan fingerprint density at radius 3 is 2.65 bits per heavy atom. The second kappa shape index (κ2) is 10.5. The molecule has 1 heterocycles. The topological polar surface area (TPSA) is 85.1 Å². The molecule has 167 valence electrons. The summed E-state index contributed by atoms with van der Waals surface area (Å²) in [5.74, 6) is 0.406. The van der Waals surface area contributed by atoms with Crippen molar-refractivity contribution in [2.45, 2.75) is 25.4 Å². The van der Waals surface area contributed by atoms with Crippen molar-refractivity contribution < 1.29 is 19.1 Å². The first-order chi connectivity index (χ1) is 14.4. The van der Waals surface area contributed by atoms with E-state index in [0.29, 0.717) is 35.7 Å². The summed E-state index contributed by atoms with van der Waals surface area (Å²) < 4.78 is 11.1. The van der Waals surface area contributed by atoms with Crippen molar-refractivity contribution in [3.8, 4) is 11.5 Å². The van der Waals surface area contributed by atoms with Gasteiger partial charge in [0.25, 0.3) is 5.91 Å². The molecule has 1 aliphatic rings. The van der Waals surface area contributed by atoms with Crippen LogP contribution in [0.15, 0.2) is 36.4 Å². The van der Waals surface area contributed by atoms with Crippen LogP contribution in [0.1, 0.15) is 46.9 Å². The number of nitrogens with two attached hydrogens (primary N) is 1. The zero-order valence-corrected chi connectivity index (χ0v) is 19.1. The van der Waals surface area contributed by atoms with Gasteiger partial charge in [-0.3, -0.25) is 9.59 Å². The summed E-state index contributed by atoms with van der Waals surface area (Å²) in [5, 5.41) is 0. The number of carbonyl (C=O) groups excluding carboxylic acids is 2. The zero-order chi connectivity index (χ0) is 21.8. The minimum Gasteiger partial charge on any atom is -0.493 e. The lowest BCUT2D eigenvalue weighted by Crippen LogP contribution is -2.39. The standard InChI is InChI=1S/C23H28N3O4.ClH/c1-5-30-20-14-15(10-11-19(20)29-4)18(12-13-25(2)3)26-21(22(24)27)16-8-6-7-9-17(16)23(26)28;/h6-8,10-11,14,18,21H,5,12-13H2,1-4H3,(H2,24,27);1H. The summed E-state index contributed by atoms with van der Waals surface area (Å²) in [5.41, 5.74) is 7.61. The third-order valence-electron chi connectivity index (χ3n) is 5.24. The van der Waals surface area contributed by atoms with Crippen molar-refractivity contribution in [3.63, 3.8) is 0 Å². The number of benzene rings is 2. The molecule has 8 heteroatoms. The number of hydrogen-bond acceptors (Lipinski definition) is 5. The summed E-state index contributed by atoms with van der Waals surface area (Å²) >= 11 is 0. The van der Waals surface area contributed by atoms with Gasteiger partial charge in [-0.05, 0) is 63.3 Å². The number of methoxy groups -OCH3 is 1. The molecule has 31 heavy (non-hydrogen) atoms. The first-order valence-electron chi connectivity index (χ1n) is 9.97. The number of fused-ring (bicyclic) bond motifs is 1. The molecule has 2 aromatic carbocycles. The van der Waals surface area contributed by atoms with Gasteiger partial charge in [-0.2, -0.15) is 0 Å². The summed E-state index contributed by atoms with van der Waals surface area (Å²) in [4.78, 5) is 29.4. The Morgan fingerprint density at radius 1 is 1.29 bits per heavy atom. The Morgan fingerprint density at radius 2 is 2.03 bits per heavy atom. The van der Waals surface area contributed by atoms with Crippen molar-refractivity contribution in [1.82, 2.24) is 9.80 Å². The van der Waals surface area contributed by atoms with Crippen LogP contribution >= 0.6 is 12.4 Å². The van der Waals surface area contributed by atoms with E-state index in [2.05, 4.69) is 6.07 Å². The van der Waals surface area contributed by atoms with Gasteiger partial charge in [0.2, 0.25) is 5.91 Å². The van der Waals surface area contributed by atoms with Gasteiger partial charge in [-0.25, -0.2) is 0 Å². The zero-order valence-electron chi connectivity index (χ0n) is 18.3. The van der Waals surface area contributed by atoms with Gasteiger partial charge in [0, 0.05) is 0 Å². The van der Waals surface area contributed by atoms with Crippen LogP contribution in [-0.2, 0) is 4.79 Å². The predicted molar refractivity (Wildman–Crippen MR) is 121 cm³/mol. The fourth-order valence-electron chi connectivity index (χ4n) is 3.89. The normalized spacial score (nSPS) is 16.0. The average Bonchev–Trinajstić information content (AvgIpc) is 3.01. The summed E-state index contributed by atoms with van der Waals surface area (Å²) in [7, 11) is 5.52. The third kappa shape index (κ3) is 4.94. The van der Waals surface area contributed by atoms with E-state index in [9.17, 15) is 9.59 Å². The van der Waals surface area contributed by atoms with Gasteiger partial charge in [0.1, 0.15) is 6.04 Å². The van der Waals surface area contributed by atoms with E-state index in [1.165, 1.54) is 0 Å². The van der Waals surface area contributed by atoms with Crippen LogP contribution in [0.3, 0.4) is 0 Å². The molecule has 1 radical (unpaired) electrons. The minimum atomic E-state index is -0.838. The van der Waals surface area contributed by atoms with Crippen LogP contribution < -0.4 is 15.2 Å². The highest BCUT2D eigenvalue weighted by Crippen LogP contribution is 2.42. The minimum absolute atomic E-state index is 0. The largest absolute Gasteiger partial charge is 0.493 e. The molecule has 2 amide bonds. The second-order valence-electron chi connectivity index (χ2n) is 7.47. The number of primary amides is 1. The quantitative estimate of drug-likeness (QED) is 0.640. The van der Waals surface area contributed by atoms with E-state index in [1.54, 1.807) is 30.2 Å². The number of hydrogen-bond donors (Lipinski definition) is 1. The molecule has 2 N–H and O–H groups in total. The Bertz CT molecular complexity index is 935. The third-order valence-corrected chi connectivity index (χ3v) is 5.24. The average molecular weight is 447 g/mol. The van der Waals surface area contributed by atoms with Gasteiger partial charge in [-0.1, -0.05) is 24.3 Å². The van der Waals surface area contributed by atoms with E-state index in [-0.39, 0.29) is 24.4 Å². The highest BCUT2D eigenvalue weighted by Gasteiger charge is 2.44. The predicted octanol–water partition coefficient (Wildman–Crippen LogP) is 2.99. The number of rotatable bonds is 9. The van der Waals surface area contributed by atoms with Crippen molar-refractivity contribution in [3.05, 3.63) is 59.2 Å². The van der Waals surface area contributed by atoms with E-state index in [4.69, 9.17) is 15.2 Å². The molecule has 0 aromatic heterocycles. The van der Waals surface area contributed by atoms with E-state index in [0.717, 1.165) is 12.1 Å². The van der Waals surface area contributed by atoms with Crippen molar-refractivity contribution in [2.75, 3.05) is 34.4 Å². The number of halogens is 1. The monoisotopic (exact) mass is 446 g/mol. The van der Waals surface area contributed by atoms with Crippen LogP contribution in [-0.4, -0.2) is 56.0 Å². The van der Waals surface area contributed by atoms with Crippen molar-refractivity contribution in [1.29, 1.82) is 0 Å². The summed E-state index contributed by atoms with van der Waals surface area (Å²) in [6, 6.07) is 12.6. The van der Waals surface area contributed by atoms with Gasteiger partial charge in [0.15, 0.2) is 11.5 Å². The second-order valence-corrected chi connectivity index (χ2v) is 7.47. The van der Waals surface area contributed by atoms with Gasteiger partial charge < -0.3 is 25.0 Å². The molecular weight excluding hydrogens is 418 g/mol. The molecule has 0 fully saturated rings. The SMILES string of the molecule is CCOc1cc(C(CCN(C)C)N2C(=O)c3[c]cccc3C2C(N)=O)ccc1OC.Cl. The Balaban J connectivity index is 0.00000341. The molecule has 2 unspecified atom stereocenters. The van der Waals surface area contributed by atoms with Gasteiger partial charge in [-0.15, -0.1) is 12.4 Å². The summed E-state index contributed by atoms with van der Waals surface area (Å²) in [6.45, 7) is 3.10. The first-order valence-corrected chi connectivity index (χ1v) is 9.97. The van der Waals surface area contributed by atoms with Crippen LogP contribution in [0.5, 0.6) is 11.5 Å². The van der Waals surface area contributed by atoms with Crippen LogP contribution in [0, 0.1) is 6.07 Å². The van der Waals surface area contributed by atoms with Gasteiger partial charge >= 0.3 is 0 Å². The van der Waals surface area contributed by atoms with Crippen molar-refractivity contribution >= 4 is 24.2 Å². The lowest BCUT2D eigenvalue weighted by molar-refractivity contribution is -0.123. The van der Waals surface area contributed by atoms with E-state index < -0.39 is 11.9 Å². The lowest BCUT2D eigenvalue weighted by Gasteiger charge is -2.33. The van der Waals surface area contributed by atoms with Crippen molar-refractivity contribution in [2.24, 2.45) is 5.73 Å². The smallest absolute Gasteiger partial charge is 0.256 e. The molecule has 0 spiro atoms. The highest BCUT2D eigenvalue weighted by molar-refractivity contribution is 6.04. The van der Waals surface area contributed by atoms with E-state index >= 15 is 0 Å². The Labute approximate surface area is 189 Å². The molecular formula is C23H29ClN3O4. The fraction of sp³-hybridized carbons (Fsp3) is 0.391. The lowest BCUT2D eigenvalue weighted by atomic mass is 9.98. The Hall–Kier alpha value is -2.77. The maximum atomic E-state index is 13.3. The number of ether oxygens (including phenoxy) is 2. The first kappa shape index (κ1) is 24.5. The maximum Gasteiger partial charge on any atom is 0.256 e. The molecule has 0 aliphatic carbocycles. The summed E-state index contributed by atoms with van der Waals surface area (Å²) in [6.07, 6.45) is 0.619. The number of amides is 2. The van der Waals surface area contributed by atoms with Crippen LogP contribution in [0.4, 0.5) is 0 Å². The van der Waals surface area contributed by atoms with Crippen LogP contribution in [0.2, 0.25) is 0 Å². The molecule has 0 bridgehead atoms. The highest BCUT2D eigenvalue weighted by atomic mass is 35.5. The molecule has 2 atom stereocenters. The molecule has 2 aromatic rings. The van der Waals surface area contributed by atoms with Gasteiger partial charge in [0.05, 0.1) is 25.3 Å². The fourth-order valence-corrected chi connectivity index (χ4v) is 3.89. The molecule has 3 rings (SSSR count). The molecule has 0 saturated heterocycles. The molecule has 7 nitrogen and oxygen atoms in total. The maximum absolute atomic E-state index is 13.3. The molecule has 1 aliphatic heterocycles. The number of carbonyl (C=O) groups is 2. The van der Waals surface area contributed by atoms with E-state index in [1.807, 2.05) is 44.1 Å². The number of nitrogens with zero attached hydrogens (tertiary/aromatic N) is 2. The molecule has 0 saturated carbocycles.